The van der Waals surface area contributed by atoms with Gasteiger partial charge in [-0.25, -0.2) is 0 Å². The van der Waals surface area contributed by atoms with Crippen LogP contribution in [0.2, 0.25) is 0 Å². The highest BCUT2D eigenvalue weighted by Crippen LogP contribution is 2.28. The van der Waals surface area contributed by atoms with Gasteiger partial charge in [0.15, 0.2) is 4.77 Å². The molecule has 154 valence electrons. The van der Waals surface area contributed by atoms with Gasteiger partial charge in [-0.3, -0.25) is 14.2 Å². The number of nitrogens with one attached hydrogen (secondary N) is 1. The minimum atomic E-state index is -0.0495. The third-order valence-electron chi connectivity index (χ3n) is 6.53. The second kappa shape index (κ2) is 7.84. The van der Waals surface area contributed by atoms with Crippen LogP contribution in [0.3, 0.4) is 0 Å². The van der Waals surface area contributed by atoms with E-state index in [9.17, 15) is 9.59 Å². The summed E-state index contributed by atoms with van der Waals surface area (Å²) < 4.78 is 2.20. The molecule has 3 aromatic rings. The number of carbonyl (C=O) groups is 1. The molecule has 2 heterocycles. The largest absolute Gasteiger partial charge is 0.334 e. The van der Waals surface area contributed by atoms with Crippen LogP contribution in [0.15, 0.2) is 47.3 Å². The van der Waals surface area contributed by atoms with Crippen molar-refractivity contribution in [1.29, 1.82) is 0 Å². The maximum absolute atomic E-state index is 13.1. The molecule has 1 amide bonds. The Labute approximate surface area is 180 Å². The van der Waals surface area contributed by atoms with E-state index >= 15 is 0 Å². The molecule has 0 spiro atoms. The fourth-order valence-corrected chi connectivity index (χ4v) is 5.23. The van der Waals surface area contributed by atoms with Gasteiger partial charge in [0.05, 0.1) is 10.9 Å². The molecule has 1 saturated carbocycles. The van der Waals surface area contributed by atoms with Crippen LogP contribution in [0.5, 0.6) is 0 Å². The van der Waals surface area contributed by atoms with Gasteiger partial charge in [-0.15, -0.1) is 0 Å². The third-order valence-corrected chi connectivity index (χ3v) is 6.83. The van der Waals surface area contributed by atoms with Gasteiger partial charge in [0.2, 0.25) is 0 Å². The molecule has 6 heteroatoms. The lowest BCUT2D eigenvalue weighted by molar-refractivity contribution is 0.0735. The van der Waals surface area contributed by atoms with E-state index in [1.807, 2.05) is 17.0 Å². The lowest BCUT2D eigenvalue weighted by atomic mass is 9.95. The molecule has 5 rings (SSSR count). The van der Waals surface area contributed by atoms with E-state index < -0.39 is 0 Å². The molecule has 0 saturated heterocycles. The van der Waals surface area contributed by atoms with E-state index in [4.69, 9.17) is 12.2 Å². The highest BCUT2D eigenvalue weighted by Gasteiger charge is 2.23. The minimum absolute atomic E-state index is 0.0119. The van der Waals surface area contributed by atoms with Gasteiger partial charge in [0.1, 0.15) is 0 Å². The molecule has 1 aromatic heterocycles. The van der Waals surface area contributed by atoms with Crippen molar-refractivity contribution >= 4 is 29.0 Å². The topological polar surface area (TPSA) is 58.1 Å². The quantitative estimate of drug-likeness (QED) is 0.609. The van der Waals surface area contributed by atoms with Gasteiger partial charge in [-0.05, 0) is 60.8 Å². The van der Waals surface area contributed by atoms with Gasteiger partial charge in [0, 0.05) is 24.7 Å². The Bertz CT molecular complexity index is 1240. The lowest BCUT2D eigenvalue weighted by Crippen LogP contribution is -2.36. The molecule has 2 aromatic carbocycles. The van der Waals surface area contributed by atoms with Crippen molar-refractivity contribution in [2.45, 2.75) is 51.1 Å². The number of benzene rings is 2. The predicted molar refractivity (Wildman–Crippen MR) is 120 cm³/mol. The van der Waals surface area contributed by atoms with Crippen LogP contribution in [0.1, 0.15) is 59.6 Å². The number of nitrogens with zero attached hydrogens (tertiary/aromatic N) is 2. The van der Waals surface area contributed by atoms with E-state index in [0.29, 0.717) is 34.3 Å². The van der Waals surface area contributed by atoms with Gasteiger partial charge in [-0.1, -0.05) is 43.5 Å². The number of H-pyrrole nitrogens is 1. The smallest absolute Gasteiger partial charge is 0.262 e. The number of hydrogen-bond donors (Lipinski definition) is 1. The average molecular weight is 420 g/mol. The summed E-state index contributed by atoms with van der Waals surface area (Å²) in [6, 6.07) is 13.8. The minimum Gasteiger partial charge on any atom is -0.334 e. The first-order valence-corrected chi connectivity index (χ1v) is 11.2. The van der Waals surface area contributed by atoms with Crippen molar-refractivity contribution < 1.29 is 4.79 Å². The molecule has 30 heavy (non-hydrogen) atoms. The summed E-state index contributed by atoms with van der Waals surface area (Å²) in [5, 5.41) is 0.592. The Balaban J connectivity index is 1.47. The Morgan fingerprint density at radius 3 is 2.60 bits per heavy atom. The average Bonchev–Trinajstić information content (AvgIpc) is 2.78. The predicted octanol–water partition coefficient (Wildman–Crippen LogP) is 4.76. The number of fused-ring (bicyclic) bond motifs is 2. The molecule has 1 aliphatic carbocycles. The zero-order valence-electron chi connectivity index (χ0n) is 16.9. The van der Waals surface area contributed by atoms with Crippen LogP contribution in [0, 0.1) is 4.77 Å². The van der Waals surface area contributed by atoms with E-state index in [1.165, 1.54) is 17.5 Å². The molecular weight excluding hydrogens is 394 g/mol. The molecule has 1 aliphatic heterocycles. The molecule has 5 nitrogen and oxygen atoms in total. The van der Waals surface area contributed by atoms with Gasteiger partial charge >= 0.3 is 0 Å². The highest BCUT2D eigenvalue weighted by molar-refractivity contribution is 7.71. The number of aromatic nitrogens is 2. The summed E-state index contributed by atoms with van der Waals surface area (Å²) in [7, 11) is 0. The van der Waals surface area contributed by atoms with Crippen LogP contribution in [0.4, 0.5) is 0 Å². The summed E-state index contributed by atoms with van der Waals surface area (Å²) >= 11 is 5.54. The molecule has 0 radical (unpaired) electrons. The molecular formula is C24H25N3O2S. The standard InChI is InChI=1S/C24H25N3O2S/c28-22(26-13-12-16-6-4-5-7-18(16)15-26)17-10-11-20-21(14-17)25-24(30)27(23(20)29)19-8-2-1-3-9-19/h4-7,10-11,14,19H,1-3,8-9,12-13,15H2,(H,25,30). The molecule has 0 bridgehead atoms. The molecule has 0 unspecified atom stereocenters. The summed E-state index contributed by atoms with van der Waals surface area (Å²) in [5.74, 6) is -0.0119. The normalized spacial score (nSPS) is 17.1. The third kappa shape index (κ3) is 3.39. The second-order valence-corrected chi connectivity index (χ2v) is 8.79. The second-order valence-electron chi connectivity index (χ2n) is 8.40. The van der Waals surface area contributed by atoms with Crippen molar-refractivity contribution in [3.63, 3.8) is 0 Å². The summed E-state index contributed by atoms with van der Waals surface area (Å²) in [6.45, 7) is 1.32. The highest BCUT2D eigenvalue weighted by atomic mass is 32.1. The first-order valence-electron chi connectivity index (χ1n) is 10.8. The van der Waals surface area contributed by atoms with Crippen molar-refractivity contribution in [2.24, 2.45) is 0 Å². The fourth-order valence-electron chi connectivity index (χ4n) is 4.89. The first kappa shape index (κ1) is 19.2. The van der Waals surface area contributed by atoms with Crippen LogP contribution >= 0.6 is 12.2 Å². The zero-order valence-corrected chi connectivity index (χ0v) is 17.7. The molecule has 2 aliphatic rings. The van der Waals surface area contributed by atoms with Crippen LogP contribution in [0.25, 0.3) is 10.9 Å². The fraction of sp³-hybridized carbons (Fsp3) is 0.375. The van der Waals surface area contributed by atoms with E-state index in [0.717, 1.165) is 32.1 Å². The number of aromatic amines is 1. The summed E-state index contributed by atoms with van der Waals surface area (Å²) in [6.07, 6.45) is 6.35. The van der Waals surface area contributed by atoms with Crippen LogP contribution in [-0.2, 0) is 13.0 Å². The van der Waals surface area contributed by atoms with Crippen molar-refractivity contribution in [1.82, 2.24) is 14.5 Å². The SMILES string of the molecule is O=C(c1ccc2c(=O)n(C3CCCCC3)c(=S)[nH]c2c1)N1CCc2ccccc2C1. The maximum atomic E-state index is 13.1. The molecule has 1 N–H and O–H groups in total. The van der Waals surface area contributed by atoms with Crippen molar-refractivity contribution in [3.8, 4) is 0 Å². The van der Waals surface area contributed by atoms with E-state index in [1.54, 1.807) is 22.8 Å². The summed E-state index contributed by atoms with van der Waals surface area (Å²) in [5.41, 5.74) is 3.69. The maximum Gasteiger partial charge on any atom is 0.262 e. The Morgan fingerprint density at radius 2 is 1.80 bits per heavy atom. The van der Waals surface area contributed by atoms with Crippen LogP contribution in [-0.4, -0.2) is 26.9 Å². The van der Waals surface area contributed by atoms with Gasteiger partial charge in [0.25, 0.3) is 11.5 Å². The lowest BCUT2D eigenvalue weighted by Gasteiger charge is -2.29. The molecule has 0 atom stereocenters. The first-order chi connectivity index (χ1) is 14.6. The van der Waals surface area contributed by atoms with E-state index in [-0.39, 0.29) is 17.5 Å². The van der Waals surface area contributed by atoms with Crippen molar-refractivity contribution in [3.05, 3.63) is 74.3 Å². The number of amides is 1. The molecule has 1 fully saturated rings. The van der Waals surface area contributed by atoms with Gasteiger partial charge < -0.3 is 9.88 Å². The summed E-state index contributed by atoms with van der Waals surface area (Å²) in [4.78, 5) is 31.4. The zero-order chi connectivity index (χ0) is 20.7. The number of rotatable bonds is 2. The number of carbonyl (C=O) groups excluding carboxylic acids is 1. The Morgan fingerprint density at radius 1 is 1.03 bits per heavy atom. The van der Waals surface area contributed by atoms with Crippen molar-refractivity contribution in [2.75, 3.05) is 6.54 Å². The monoisotopic (exact) mass is 419 g/mol. The Hall–Kier alpha value is -2.73. The van der Waals surface area contributed by atoms with Crippen LogP contribution < -0.4 is 5.56 Å². The Kier molecular flexibility index (Phi) is 5.03. The number of hydrogen-bond acceptors (Lipinski definition) is 3. The van der Waals surface area contributed by atoms with E-state index in [2.05, 4.69) is 17.1 Å². The van der Waals surface area contributed by atoms with Gasteiger partial charge in [-0.2, -0.15) is 0 Å².